The molecule has 0 radical (unpaired) electrons. The number of aliphatic imine (C=N–C) groups is 1. The van der Waals surface area contributed by atoms with E-state index in [1.165, 1.54) is 16.8 Å². The van der Waals surface area contributed by atoms with Gasteiger partial charge in [-0.15, -0.1) is 5.10 Å². The summed E-state index contributed by atoms with van der Waals surface area (Å²) in [6.07, 6.45) is 4.39. The number of rotatable bonds is 6. The lowest BCUT2D eigenvalue weighted by molar-refractivity contribution is -0.114. The van der Waals surface area contributed by atoms with Gasteiger partial charge in [-0.25, -0.2) is 0 Å². The van der Waals surface area contributed by atoms with Crippen LogP contribution in [0.15, 0.2) is 58.3 Å². The number of amidine groups is 3. The number of fused-ring (bicyclic) bond motifs is 1. The molecule has 3 aliphatic rings. The molecule has 0 spiro atoms. The zero-order chi connectivity index (χ0) is 23.5. The van der Waals surface area contributed by atoms with E-state index in [1.807, 2.05) is 41.1 Å². The largest absolute Gasteiger partial charge is 0.492 e. The molecule has 1 aromatic heterocycles. The monoisotopic (exact) mass is 498 g/mol. The maximum Gasteiger partial charge on any atom is 0.283 e. The Morgan fingerprint density at radius 2 is 2.00 bits per heavy atom. The Kier molecular flexibility index (Phi) is 6.70. The third-order valence-electron chi connectivity index (χ3n) is 5.52. The van der Waals surface area contributed by atoms with Crippen molar-refractivity contribution in [1.82, 2.24) is 14.5 Å². The predicted molar refractivity (Wildman–Crippen MR) is 133 cm³/mol. The molecule has 1 saturated heterocycles. The molecule has 11 heteroatoms. The zero-order valence-corrected chi connectivity index (χ0v) is 19.9. The Bertz CT molecular complexity index is 1200. The number of amides is 1. The van der Waals surface area contributed by atoms with Gasteiger partial charge in [0.25, 0.3) is 5.91 Å². The smallest absolute Gasteiger partial charge is 0.283 e. The Morgan fingerprint density at radius 3 is 2.82 bits per heavy atom. The minimum atomic E-state index is -0.433. The predicted octanol–water partition coefficient (Wildman–Crippen LogP) is 3.52. The fraction of sp³-hybridized carbons (Fsp3) is 0.304. The minimum absolute atomic E-state index is 0.0283. The molecule has 1 fully saturated rings. The Labute approximate surface area is 206 Å². The molecule has 0 saturated carbocycles. The number of hydrogen-bond acceptors (Lipinski definition) is 7. The Balaban J connectivity index is 1.26. The molecule has 2 aromatic rings. The molecule has 176 valence electrons. The number of aryl methyl sites for hydroxylation is 1. The number of nitrogens with one attached hydrogen (secondary N) is 1. The van der Waals surface area contributed by atoms with Gasteiger partial charge in [-0.2, -0.15) is 10.0 Å². The van der Waals surface area contributed by atoms with E-state index in [0.717, 1.165) is 30.4 Å². The van der Waals surface area contributed by atoms with Gasteiger partial charge in [0.15, 0.2) is 11.0 Å². The average Bonchev–Trinajstić information content (AvgIpc) is 3.48. The quantitative estimate of drug-likeness (QED) is 0.483. The van der Waals surface area contributed by atoms with Gasteiger partial charge in [0.2, 0.25) is 5.17 Å². The highest BCUT2D eigenvalue weighted by Crippen LogP contribution is 2.30. The van der Waals surface area contributed by atoms with Crippen molar-refractivity contribution in [2.24, 2.45) is 10.1 Å². The van der Waals surface area contributed by atoms with Gasteiger partial charge in [0.1, 0.15) is 5.75 Å². The zero-order valence-electron chi connectivity index (χ0n) is 18.3. The lowest BCUT2D eigenvalue weighted by atomic mass is 10.1. The number of halogens is 1. The second-order valence-electron chi connectivity index (χ2n) is 7.76. The third kappa shape index (κ3) is 4.75. The summed E-state index contributed by atoms with van der Waals surface area (Å²) in [7, 11) is 0. The number of thioether (sulfide) groups is 1. The fourth-order valence-electron chi connectivity index (χ4n) is 3.75. The summed E-state index contributed by atoms with van der Waals surface area (Å²) in [5.74, 6) is 0.256. The molecule has 9 nitrogen and oxygen atoms in total. The van der Waals surface area contributed by atoms with Crippen LogP contribution in [-0.4, -0.2) is 69.5 Å². The number of hydrazone groups is 1. The van der Waals surface area contributed by atoms with E-state index in [1.54, 1.807) is 12.1 Å². The summed E-state index contributed by atoms with van der Waals surface area (Å²) in [5.41, 5.74) is 1.03. The van der Waals surface area contributed by atoms with E-state index >= 15 is 0 Å². The topological polar surface area (TPSA) is 95.5 Å². The van der Waals surface area contributed by atoms with Crippen LogP contribution in [0.2, 0.25) is 5.02 Å². The van der Waals surface area contributed by atoms with Gasteiger partial charge in [0, 0.05) is 31.5 Å². The molecule has 3 aliphatic heterocycles. The molecule has 0 unspecified atom stereocenters. The first-order valence-electron chi connectivity index (χ1n) is 11.0. The third-order valence-corrected chi connectivity index (χ3v) is 6.80. The molecular formula is C23H23ClN6O3S. The van der Waals surface area contributed by atoms with Crippen LogP contribution in [0.5, 0.6) is 5.75 Å². The van der Waals surface area contributed by atoms with Gasteiger partial charge in [0.05, 0.1) is 30.4 Å². The number of aromatic nitrogens is 1. The highest BCUT2D eigenvalue weighted by molar-refractivity contribution is 8.26. The summed E-state index contributed by atoms with van der Waals surface area (Å²) < 4.78 is 13.2. The second-order valence-corrected chi connectivity index (χ2v) is 9.10. The molecule has 0 aliphatic carbocycles. The van der Waals surface area contributed by atoms with E-state index in [9.17, 15) is 4.79 Å². The summed E-state index contributed by atoms with van der Waals surface area (Å²) in [4.78, 5) is 19.0. The van der Waals surface area contributed by atoms with Crippen LogP contribution in [-0.2, 0) is 16.1 Å². The van der Waals surface area contributed by atoms with Gasteiger partial charge in [-0.3, -0.25) is 10.2 Å². The van der Waals surface area contributed by atoms with Crippen LogP contribution in [0.1, 0.15) is 12.1 Å². The first-order chi connectivity index (χ1) is 16.6. The van der Waals surface area contributed by atoms with Crippen LogP contribution in [0, 0.1) is 5.41 Å². The van der Waals surface area contributed by atoms with E-state index in [4.69, 9.17) is 26.5 Å². The van der Waals surface area contributed by atoms with E-state index < -0.39 is 5.91 Å². The number of nitrogens with zero attached hydrogens (tertiary/aromatic N) is 5. The highest BCUT2D eigenvalue weighted by atomic mass is 35.5. The highest BCUT2D eigenvalue weighted by Gasteiger charge is 2.37. The SMILES string of the molecule is N=C1/C(=C/c2cccn2CCCOc2ccccc2Cl)C(=O)N=C2SC(N3CCOCC3)=NN12. The minimum Gasteiger partial charge on any atom is -0.492 e. The molecule has 4 heterocycles. The number of benzene rings is 1. The molecular weight excluding hydrogens is 476 g/mol. The first kappa shape index (κ1) is 22.7. The lowest BCUT2D eigenvalue weighted by Gasteiger charge is -2.26. The van der Waals surface area contributed by atoms with Gasteiger partial charge < -0.3 is 18.9 Å². The van der Waals surface area contributed by atoms with E-state index in [2.05, 4.69) is 15.0 Å². The lowest BCUT2D eigenvalue weighted by Crippen LogP contribution is -2.39. The average molecular weight is 499 g/mol. The van der Waals surface area contributed by atoms with Gasteiger partial charge in [-0.05, 0) is 48.5 Å². The van der Waals surface area contributed by atoms with Crippen molar-refractivity contribution in [3.63, 3.8) is 0 Å². The van der Waals surface area contributed by atoms with Crippen molar-refractivity contribution in [3.8, 4) is 5.75 Å². The Hall–Kier alpha value is -3.08. The standard InChI is InChI=1S/C23H23ClN6O3S/c24-18-6-1-2-7-19(18)33-12-4-9-28-8-3-5-16(28)15-17-20(25)30-22(26-21(17)31)34-23(27-30)29-10-13-32-14-11-29/h1-3,5-8,15,25H,4,9-14H2/b17-15-,25-20?. The van der Waals surface area contributed by atoms with Crippen molar-refractivity contribution >= 4 is 51.5 Å². The van der Waals surface area contributed by atoms with Crippen molar-refractivity contribution in [3.05, 3.63) is 58.9 Å². The van der Waals surface area contributed by atoms with E-state index in [0.29, 0.717) is 42.3 Å². The van der Waals surface area contributed by atoms with Crippen LogP contribution in [0.25, 0.3) is 6.08 Å². The molecule has 34 heavy (non-hydrogen) atoms. The summed E-state index contributed by atoms with van der Waals surface area (Å²) in [6.45, 7) is 3.91. The summed E-state index contributed by atoms with van der Waals surface area (Å²) >= 11 is 7.45. The van der Waals surface area contributed by atoms with Crippen molar-refractivity contribution in [2.75, 3.05) is 32.9 Å². The van der Waals surface area contributed by atoms with Crippen molar-refractivity contribution < 1.29 is 14.3 Å². The van der Waals surface area contributed by atoms with Crippen LogP contribution in [0.4, 0.5) is 0 Å². The second kappa shape index (κ2) is 10.0. The molecule has 0 bridgehead atoms. The Morgan fingerprint density at radius 1 is 1.18 bits per heavy atom. The summed E-state index contributed by atoms with van der Waals surface area (Å²) in [6, 6.07) is 11.2. The van der Waals surface area contributed by atoms with Crippen molar-refractivity contribution in [2.45, 2.75) is 13.0 Å². The fourth-order valence-corrected chi connectivity index (χ4v) is 4.89. The van der Waals surface area contributed by atoms with Crippen molar-refractivity contribution in [1.29, 1.82) is 5.41 Å². The van der Waals surface area contributed by atoms with Crippen LogP contribution < -0.4 is 4.74 Å². The molecule has 1 aromatic carbocycles. The van der Waals surface area contributed by atoms with Gasteiger partial charge in [-0.1, -0.05) is 23.7 Å². The number of ether oxygens (including phenoxy) is 2. The molecule has 5 rings (SSSR count). The van der Waals surface area contributed by atoms with Crippen LogP contribution in [0.3, 0.4) is 0 Å². The maximum absolute atomic E-state index is 12.8. The molecule has 0 atom stereocenters. The molecule has 1 amide bonds. The van der Waals surface area contributed by atoms with E-state index in [-0.39, 0.29) is 11.4 Å². The number of hydrogen-bond donors (Lipinski definition) is 1. The van der Waals surface area contributed by atoms with Gasteiger partial charge >= 0.3 is 0 Å². The van der Waals surface area contributed by atoms with Crippen LogP contribution >= 0.6 is 23.4 Å². The number of carbonyl (C=O) groups excluding carboxylic acids is 1. The normalized spacial score (nSPS) is 19.4. The number of morpholine rings is 1. The molecule has 1 N–H and O–H groups in total. The number of para-hydroxylation sites is 1. The maximum atomic E-state index is 12.8. The number of carbonyl (C=O) groups is 1. The summed E-state index contributed by atoms with van der Waals surface area (Å²) in [5, 5.41) is 16.3. The first-order valence-corrected chi connectivity index (χ1v) is 12.1.